The van der Waals surface area contributed by atoms with Crippen molar-refractivity contribution in [1.82, 2.24) is 4.90 Å². The average molecular weight is 187 g/mol. The maximum atomic E-state index is 8.42. The first-order valence-electron chi connectivity index (χ1n) is 4.47. The van der Waals surface area contributed by atoms with Crippen molar-refractivity contribution in [2.75, 3.05) is 26.8 Å². The fraction of sp³-hybridized carbons (Fsp3) is 0.875. The van der Waals surface area contributed by atoms with Crippen LogP contribution in [-0.4, -0.2) is 48.8 Å². The molecule has 76 valence electrons. The lowest BCUT2D eigenvalue weighted by Crippen LogP contribution is -2.37. The molecule has 1 aliphatic rings. The van der Waals surface area contributed by atoms with Gasteiger partial charge in [0.2, 0.25) is 0 Å². The molecule has 0 aromatic rings. The van der Waals surface area contributed by atoms with Crippen molar-refractivity contribution in [2.24, 2.45) is 10.9 Å². The predicted molar refractivity (Wildman–Crippen MR) is 49.9 cm³/mol. The minimum Gasteiger partial charge on any atom is -0.409 e. The molecule has 0 aromatic heterocycles. The minimum absolute atomic E-state index is 0.267. The summed E-state index contributed by atoms with van der Waals surface area (Å²) in [5.41, 5.74) is 5.43. The largest absolute Gasteiger partial charge is 0.409 e. The summed E-state index contributed by atoms with van der Waals surface area (Å²) in [6, 6.07) is 0.607. The Balaban J connectivity index is 2.29. The Kier molecular flexibility index (Phi) is 3.98. The number of methoxy groups -OCH3 is 1. The Morgan fingerprint density at radius 1 is 1.69 bits per heavy atom. The van der Waals surface area contributed by atoms with Gasteiger partial charge in [0.15, 0.2) is 5.84 Å². The average Bonchev–Trinajstić information content (AvgIpc) is 2.94. The lowest BCUT2D eigenvalue weighted by atomic mass is 10.4. The molecular formula is C8H17N3O2. The summed E-state index contributed by atoms with van der Waals surface area (Å²) in [6.07, 6.45) is 2.42. The molecule has 13 heavy (non-hydrogen) atoms. The van der Waals surface area contributed by atoms with Gasteiger partial charge in [-0.3, -0.25) is 4.90 Å². The van der Waals surface area contributed by atoms with Crippen molar-refractivity contribution < 1.29 is 9.94 Å². The highest BCUT2D eigenvalue weighted by Gasteiger charge is 2.28. The number of hydrogen-bond donors (Lipinski definition) is 2. The van der Waals surface area contributed by atoms with E-state index in [9.17, 15) is 0 Å². The van der Waals surface area contributed by atoms with Crippen molar-refractivity contribution in [3.8, 4) is 0 Å². The van der Waals surface area contributed by atoms with E-state index in [1.165, 1.54) is 12.8 Å². The van der Waals surface area contributed by atoms with Crippen molar-refractivity contribution >= 4 is 5.84 Å². The van der Waals surface area contributed by atoms with E-state index in [0.29, 0.717) is 19.2 Å². The van der Waals surface area contributed by atoms with Crippen molar-refractivity contribution in [3.05, 3.63) is 0 Å². The van der Waals surface area contributed by atoms with Crippen molar-refractivity contribution in [1.29, 1.82) is 0 Å². The maximum absolute atomic E-state index is 8.42. The Bertz CT molecular complexity index is 180. The van der Waals surface area contributed by atoms with E-state index in [1.807, 2.05) is 0 Å². The molecule has 0 spiro atoms. The first kappa shape index (κ1) is 10.3. The van der Waals surface area contributed by atoms with Gasteiger partial charge >= 0.3 is 0 Å². The van der Waals surface area contributed by atoms with Gasteiger partial charge in [-0.1, -0.05) is 5.16 Å². The summed E-state index contributed by atoms with van der Waals surface area (Å²) in [5, 5.41) is 11.4. The van der Waals surface area contributed by atoms with Crippen LogP contribution in [0, 0.1) is 0 Å². The van der Waals surface area contributed by atoms with E-state index >= 15 is 0 Å². The third kappa shape index (κ3) is 3.61. The van der Waals surface area contributed by atoms with Gasteiger partial charge in [0.25, 0.3) is 0 Å². The van der Waals surface area contributed by atoms with Crippen LogP contribution in [0.1, 0.15) is 12.8 Å². The molecule has 0 unspecified atom stereocenters. The molecule has 1 rings (SSSR count). The number of amidine groups is 1. The van der Waals surface area contributed by atoms with Gasteiger partial charge in [0, 0.05) is 19.7 Å². The SMILES string of the molecule is COCCN(C/C(N)=N/O)C1CC1. The van der Waals surface area contributed by atoms with E-state index in [0.717, 1.165) is 6.54 Å². The zero-order chi connectivity index (χ0) is 9.68. The van der Waals surface area contributed by atoms with Gasteiger partial charge in [-0.15, -0.1) is 0 Å². The summed E-state index contributed by atoms with van der Waals surface area (Å²) < 4.78 is 4.98. The lowest BCUT2D eigenvalue weighted by molar-refractivity contribution is 0.152. The maximum Gasteiger partial charge on any atom is 0.153 e. The lowest BCUT2D eigenvalue weighted by Gasteiger charge is -2.20. The Labute approximate surface area is 78.1 Å². The normalized spacial score (nSPS) is 18.2. The predicted octanol–water partition coefficient (Wildman–Crippen LogP) is -0.156. The Morgan fingerprint density at radius 3 is 2.85 bits per heavy atom. The van der Waals surface area contributed by atoms with Gasteiger partial charge in [-0.05, 0) is 12.8 Å². The summed E-state index contributed by atoms with van der Waals surface area (Å²) in [7, 11) is 1.68. The monoisotopic (exact) mass is 187 g/mol. The minimum atomic E-state index is 0.267. The summed E-state index contributed by atoms with van der Waals surface area (Å²) >= 11 is 0. The van der Waals surface area contributed by atoms with Gasteiger partial charge in [0.05, 0.1) is 13.2 Å². The summed E-state index contributed by atoms with van der Waals surface area (Å²) in [5.74, 6) is 0.267. The number of rotatable bonds is 6. The number of oxime groups is 1. The number of hydrogen-bond acceptors (Lipinski definition) is 4. The van der Waals surface area contributed by atoms with E-state index in [2.05, 4.69) is 10.1 Å². The first-order chi connectivity index (χ1) is 6.27. The van der Waals surface area contributed by atoms with E-state index < -0.39 is 0 Å². The number of nitrogens with two attached hydrogens (primary N) is 1. The quantitative estimate of drug-likeness (QED) is 0.262. The third-order valence-electron chi connectivity index (χ3n) is 2.14. The highest BCUT2D eigenvalue weighted by Crippen LogP contribution is 2.25. The first-order valence-corrected chi connectivity index (χ1v) is 4.47. The van der Waals surface area contributed by atoms with Gasteiger partial charge in [-0.25, -0.2) is 0 Å². The molecule has 0 bridgehead atoms. The molecule has 0 heterocycles. The number of nitrogens with zero attached hydrogens (tertiary/aromatic N) is 2. The van der Waals surface area contributed by atoms with Crippen LogP contribution in [0.25, 0.3) is 0 Å². The van der Waals surface area contributed by atoms with Crippen LogP contribution in [0.15, 0.2) is 5.16 Å². The number of ether oxygens (including phenoxy) is 1. The molecule has 0 saturated heterocycles. The molecule has 1 saturated carbocycles. The van der Waals surface area contributed by atoms with E-state index in [1.54, 1.807) is 7.11 Å². The van der Waals surface area contributed by atoms with Crippen LogP contribution in [0.4, 0.5) is 0 Å². The Morgan fingerprint density at radius 2 is 2.38 bits per heavy atom. The zero-order valence-electron chi connectivity index (χ0n) is 7.94. The molecule has 0 radical (unpaired) electrons. The smallest absolute Gasteiger partial charge is 0.153 e. The van der Waals surface area contributed by atoms with Crippen LogP contribution >= 0.6 is 0 Å². The zero-order valence-corrected chi connectivity index (χ0v) is 7.94. The topological polar surface area (TPSA) is 71.1 Å². The molecule has 1 aliphatic carbocycles. The fourth-order valence-corrected chi connectivity index (χ4v) is 1.28. The van der Waals surface area contributed by atoms with Crippen molar-refractivity contribution in [3.63, 3.8) is 0 Å². The highest BCUT2D eigenvalue weighted by atomic mass is 16.5. The standard InChI is InChI=1S/C8H17N3O2/c1-13-5-4-11(7-2-3-7)6-8(9)10-12/h7,12H,2-6H2,1H3,(H2,9,10). The molecule has 3 N–H and O–H groups in total. The molecule has 5 nitrogen and oxygen atoms in total. The summed E-state index contributed by atoms with van der Waals surface area (Å²) in [4.78, 5) is 2.18. The molecule has 0 amide bonds. The van der Waals surface area contributed by atoms with Crippen LogP contribution in [0.5, 0.6) is 0 Å². The fourth-order valence-electron chi connectivity index (χ4n) is 1.28. The van der Waals surface area contributed by atoms with Gasteiger partial charge < -0.3 is 15.7 Å². The second kappa shape index (κ2) is 5.04. The molecule has 0 aromatic carbocycles. The van der Waals surface area contributed by atoms with Gasteiger partial charge in [-0.2, -0.15) is 0 Å². The van der Waals surface area contributed by atoms with Crippen LogP contribution < -0.4 is 5.73 Å². The second-order valence-electron chi connectivity index (χ2n) is 3.29. The molecule has 0 aliphatic heterocycles. The Hall–Kier alpha value is -0.810. The van der Waals surface area contributed by atoms with Crippen molar-refractivity contribution in [2.45, 2.75) is 18.9 Å². The van der Waals surface area contributed by atoms with Crippen LogP contribution in [0.2, 0.25) is 0 Å². The molecular weight excluding hydrogens is 170 g/mol. The molecule has 1 fully saturated rings. The van der Waals surface area contributed by atoms with Crippen LogP contribution in [-0.2, 0) is 4.74 Å². The summed E-state index contributed by atoms with van der Waals surface area (Å²) in [6.45, 7) is 2.07. The highest BCUT2D eigenvalue weighted by molar-refractivity contribution is 5.81. The van der Waals surface area contributed by atoms with Gasteiger partial charge in [0.1, 0.15) is 0 Å². The second-order valence-corrected chi connectivity index (χ2v) is 3.29. The molecule has 5 heteroatoms. The molecule has 0 atom stereocenters. The van der Waals surface area contributed by atoms with Crippen LogP contribution in [0.3, 0.4) is 0 Å². The third-order valence-corrected chi connectivity index (χ3v) is 2.14. The van der Waals surface area contributed by atoms with E-state index in [-0.39, 0.29) is 5.84 Å². The van der Waals surface area contributed by atoms with E-state index in [4.69, 9.17) is 15.7 Å².